The molecule has 1 heterocycles. The summed E-state index contributed by atoms with van der Waals surface area (Å²) in [6.45, 7) is 0.393. The summed E-state index contributed by atoms with van der Waals surface area (Å²) in [7, 11) is 1.55. The highest BCUT2D eigenvalue weighted by atomic mass is 35.5. The Morgan fingerprint density at radius 1 is 1.23 bits per heavy atom. The number of amides is 1. The Balaban J connectivity index is 1.80. The summed E-state index contributed by atoms with van der Waals surface area (Å²) in [6, 6.07) is 15.6. The molecule has 5 nitrogen and oxygen atoms in total. The van der Waals surface area contributed by atoms with Gasteiger partial charge >= 0.3 is 0 Å². The third-order valence-corrected chi connectivity index (χ3v) is 4.90. The minimum atomic E-state index is -1.34. The highest BCUT2D eigenvalue weighted by Crippen LogP contribution is 2.38. The lowest BCUT2D eigenvalue weighted by molar-refractivity contribution is -0.123. The van der Waals surface area contributed by atoms with Crippen molar-refractivity contribution in [1.82, 2.24) is 0 Å². The van der Waals surface area contributed by atoms with Gasteiger partial charge in [0.15, 0.2) is 5.78 Å². The summed E-state index contributed by atoms with van der Waals surface area (Å²) in [6.07, 6.45) is 0.172. The molecule has 132 valence electrons. The summed E-state index contributed by atoms with van der Waals surface area (Å²) in [5.74, 6) is 0.0621. The van der Waals surface area contributed by atoms with E-state index in [1.807, 2.05) is 0 Å². The Bertz CT molecular complexity index is 871. The van der Waals surface area contributed by atoms with Crippen molar-refractivity contribution in [2.24, 2.45) is 5.41 Å². The van der Waals surface area contributed by atoms with Crippen LogP contribution in [0.25, 0.3) is 0 Å². The van der Waals surface area contributed by atoms with E-state index in [0.29, 0.717) is 35.0 Å². The molecule has 0 N–H and O–H groups in total. The molecule has 0 radical (unpaired) electrons. The molecule has 0 spiro atoms. The fourth-order valence-electron chi connectivity index (χ4n) is 3.10. The predicted octanol–water partition coefficient (Wildman–Crippen LogP) is 3.87. The Labute approximate surface area is 156 Å². The number of carbonyl (C=O) groups is 2. The SMILES string of the molecule is COc1ccc(C(=O)CC2(C#N)CCN(c3ccc(Cl)cc3)C2=O)cc1. The van der Waals surface area contributed by atoms with E-state index >= 15 is 0 Å². The number of Topliss-reactive ketones (excluding diaryl/α,β-unsaturated/α-hetero) is 1. The molecule has 0 saturated carbocycles. The van der Waals surface area contributed by atoms with Crippen molar-refractivity contribution >= 4 is 29.0 Å². The molecule has 2 aromatic rings. The summed E-state index contributed by atoms with van der Waals surface area (Å²) in [5, 5.41) is 10.3. The summed E-state index contributed by atoms with van der Waals surface area (Å²) < 4.78 is 5.08. The fraction of sp³-hybridized carbons (Fsp3) is 0.250. The van der Waals surface area contributed by atoms with Crippen LogP contribution in [0, 0.1) is 16.7 Å². The fourth-order valence-corrected chi connectivity index (χ4v) is 3.22. The number of methoxy groups -OCH3 is 1. The minimum Gasteiger partial charge on any atom is -0.497 e. The van der Waals surface area contributed by atoms with Crippen LogP contribution in [-0.2, 0) is 4.79 Å². The third-order valence-electron chi connectivity index (χ3n) is 4.64. The van der Waals surface area contributed by atoms with Crippen molar-refractivity contribution < 1.29 is 14.3 Å². The van der Waals surface area contributed by atoms with E-state index in [1.165, 1.54) is 0 Å². The predicted molar refractivity (Wildman–Crippen MR) is 98.4 cm³/mol. The maximum atomic E-state index is 12.9. The highest BCUT2D eigenvalue weighted by molar-refractivity contribution is 6.30. The molecule has 0 aliphatic carbocycles. The van der Waals surface area contributed by atoms with Gasteiger partial charge in [0.1, 0.15) is 11.2 Å². The lowest BCUT2D eigenvalue weighted by Gasteiger charge is -2.21. The van der Waals surface area contributed by atoms with E-state index < -0.39 is 5.41 Å². The number of nitriles is 1. The van der Waals surface area contributed by atoms with Crippen molar-refractivity contribution in [3.63, 3.8) is 0 Å². The molecule has 1 fully saturated rings. The van der Waals surface area contributed by atoms with Crippen molar-refractivity contribution in [2.45, 2.75) is 12.8 Å². The van der Waals surface area contributed by atoms with Gasteiger partial charge < -0.3 is 9.64 Å². The lowest BCUT2D eigenvalue weighted by Crippen LogP contribution is -2.35. The van der Waals surface area contributed by atoms with E-state index in [0.717, 1.165) is 0 Å². The van der Waals surface area contributed by atoms with Crippen LogP contribution in [0.1, 0.15) is 23.2 Å². The lowest BCUT2D eigenvalue weighted by atomic mass is 9.81. The average molecular weight is 369 g/mol. The average Bonchev–Trinajstić information content (AvgIpc) is 2.99. The van der Waals surface area contributed by atoms with E-state index in [4.69, 9.17) is 16.3 Å². The Hall–Kier alpha value is -2.84. The zero-order valence-corrected chi connectivity index (χ0v) is 15.0. The van der Waals surface area contributed by atoms with Gasteiger partial charge in [0.25, 0.3) is 0 Å². The van der Waals surface area contributed by atoms with Crippen LogP contribution in [0.4, 0.5) is 5.69 Å². The quantitative estimate of drug-likeness (QED) is 0.751. The van der Waals surface area contributed by atoms with Gasteiger partial charge in [-0.1, -0.05) is 11.6 Å². The number of anilines is 1. The van der Waals surface area contributed by atoms with Crippen LogP contribution in [0.5, 0.6) is 5.75 Å². The largest absolute Gasteiger partial charge is 0.497 e. The highest BCUT2D eigenvalue weighted by Gasteiger charge is 2.49. The molecule has 1 atom stereocenters. The van der Waals surface area contributed by atoms with Crippen molar-refractivity contribution in [3.05, 3.63) is 59.1 Å². The van der Waals surface area contributed by atoms with Crippen LogP contribution in [0.3, 0.4) is 0 Å². The van der Waals surface area contributed by atoms with Gasteiger partial charge in [-0.25, -0.2) is 0 Å². The van der Waals surface area contributed by atoms with Gasteiger partial charge in [0.05, 0.1) is 13.2 Å². The molecule has 1 aliphatic rings. The van der Waals surface area contributed by atoms with Crippen LogP contribution >= 0.6 is 11.6 Å². The monoisotopic (exact) mass is 368 g/mol. The van der Waals surface area contributed by atoms with Gasteiger partial charge in [0.2, 0.25) is 5.91 Å². The Kier molecular flexibility index (Phi) is 4.97. The number of halogens is 1. The maximum Gasteiger partial charge on any atom is 0.248 e. The molecule has 0 aromatic heterocycles. The second-order valence-electron chi connectivity index (χ2n) is 6.21. The van der Waals surface area contributed by atoms with Crippen molar-refractivity contribution in [1.29, 1.82) is 5.26 Å². The van der Waals surface area contributed by atoms with Crippen molar-refractivity contribution in [3.8, 4) is 11.8 Å². The molecule has 1 amide bonds. The van der Waals surface area contributed by atoms with Gasteiger partial charge in [-0.3, -0.25) is 9.59 Å². The molecule has 2 aromatic carbocycles. The number of benzene rings is 2. The van der Waals surface area contributed by atoms with Gasteiger partial charge in [-0.05, 0) is 55.0 Å². The van der Waals surface area contributed by atoms with E-state index in [-0.39, 0.29) is 18.1 Å². The molecule has 1 unspecified atom stereocenters. The molecule has 1 saturated heterocycles. The Morgan fingerprint density at radius 3 is 2.46 bits per heavy atom. The first-order chi connectivity index (χ1) is 12.5. The minimum absolute atomic E-state index is 0.140. The standard InChI is InChI=1S/C20H17ClN2O3/c1-26-17-8-2-14(3-9-17)18(24)12-20(13-22)10-11-23(19(20)25)16-6-4-15(21)5-7-16/h2-9H,10-12H2,1H3. The van der Waals surface area contributed by atoms with Crippen LogP contribution in [0.15, 0.2) is 48.5 Å². The molecule has 3 rings (SSSR count). The van der Waals surface area contributed by atoms with Gasteiger partial charge in [-0.15, -0.1) is 0 Å². The summed E-state index contributed by atoms with van der Waals surface area (Å²) >= 11 is 5.89. The first kappa shape index (κ1) is 18.0. The first-order valence-corrected chi connectivity index (χ1v) is 8.53. The summed E-state index contributed by atoms with van der Waals surface area (Å²) in [4.78, 5) is 27.1. The first-order valence-electron chi connectivity index (χ1n) is 8.15. The second-order valence-corrected chi connectivity index (χ2v) is 6.64. The second kappa shape index (κ2) is 7.19. The third kappa shape index (κ3) is 3.29. The number of ether oxygens (including phenoxy) is 1. The van der Waals surface area contributed by atoms with Crippen LogP contribution < -0.4 is 9.64 Å². The van der Waals surface area contributed by atoms with Crippen LogP contribution in [0.2, 0.25) is 5.02 Å². The zero-order valence-electron chi connectivity index (χ0n) is 14.2. The zero-order chi connectivity index (χ0) is 18.7. The number of carbonyl (C=O) groups excluding carboxylic acids is 2. The molecule has 6 heteroatoms. The number of hydrogen-bond acceptors (Lipinski definition) is 4. The van der Waals surface area contributed by atoms with Gasteiger partial charge in [0, 0.05) is 29.2 Å². The van der Waals surface area contributed by atoms with E-state index in [2.05, 4.69) is 6.07 Å². The molecule has 1 aliphatic heterocycles. The van der Waals surface area contributed by atoms with Crippen LogP contribution in [-0.4, -0.2) is 25.3 Å². The van der Waals surface area contributed by atoms with E-state index in [1.54, 1.807) is 60.5 Å². The topological polar surface area (TPSA) is 70.4 Å². The number of nitrogens with zero attached hydrogens (tertiary/aromatic N) is 2. The number of hydrogen-bond donors (Lipinski definition) is 0. The number of ketones is 1. The molecular weight excluding hydrogens is 352 g/mol. The molecular formula is C20H17ClN2O3. The summed E-state index contributed by atoms with van der Waals surface area (Å²) in [5.41, 5.74) is -0.206. The smallest absolute Gasteiger partial charge is 0.248 e. The maximum absolute atomic E-state index is 12.9. The molecule has 0 bridgehead atoms. The van der Waals surface area contributed by atoms with Gasteiger partial charge in [-0.2, -0.15) is 5.26 Å². The van der Waals surface area contributed by atoms with Crippen molar-refractivity contribution in [2.75, 3.05) is 18.6 Å². The van der Waals surface area contributed by atoms with E-state index in [9.17, 15) is 14.9 Å². The molecule has 26 heavy (non-hydrogen) atoms. The normalized spacial score (nSPS) is 19.3. The number of rotatable bonds is 5. The Morgan fingerprint density at radius 2 is 1.88 bits per heavy atom.